The molecule has 0 bridgehead atoms. The Kier molecular flexibility index (Phi) is 6.74. The molecule has 0 aliphatic heterocycles. The smallest absolute Gasteiger partial charge is 0.0125 e. The zero-order valence-corrected chi connectivity index (χ0v) is 27.6. The third-order valence-corrected chi connectivity index (χ3v) is 10.8. The average Bonchev–Trinajstić information content (AvgIpc) is 3.20. The van der Waals surface area contributed by atoms with E-state index in [0.29, 0.717) is 11.8 Å². The van der Waals surface area contributed by atoms with Gasteiger partial charge in [0.1, 0.15) is 0 Å². The van der Waals surface area contributed by atoms with Gasteiger partial charge in [0, 0.05) is 11.8 Å². The van der Waals surface area contributed by atoms with Crippen LogP contribution in [0.15, 0.2) is 194 Å². The normalized spacial score (nSPS) is 16.4. The molecule has 2 unspecified atom stereocenters. The first-order valence-electron chi connectivity index (χ1n) is 17.6. The van der Waals surface area contributed by atoms with Crippen molar-refractivity contribution >= 4 is 37.9 Å². The molecule has 0 saturated carbocycles. The average molecular weight is 635 g/mol. The lowest BCUT2D eigenvalue weighted by Crippen LogP contribution is -2.16. The highest BCUT2D eigenvalue weighted by Gasteiger charge is 2.28. The fourth-order valence-corrected chi connectivity index (χ4v) is 8.44. The molecule has 0 saturated heterocycles. The fourth-order valence-electron chi connectivity index (χ4n) is 8.44. The van der Waals surface area contributed by atoms with Crippen LogP contribution in [0.25, 0.3) is 71.3 Å². The summed E-state index contributed by atoms with van der Waals surface area (Å²) in [6.45, 7) is 0. The van der Waals surface area contributed by atoms with Gasteiger partial charge in [0.05, 0.1) is 0 Å². The van der Waals surface area contributed by atoms with Crippen LogP contribution in [0.2, 0.25) is 0 Å². The fraction of sp³-hybridized carbons (Fsp3) is 0.0400. The molecule has 0 nitrogen and oxygen atoms in total. The Morgan fingerprint density at radius 1 is 0.340 bits per heavy atom. The van der Waals surface area contributed by atoms with Gasteiger partial charge in [-0.2, -0.15) is 0 Å². The maximum absolute atomic E-state index is 2.50. The van der Waals surface area contributed by atoms with Crippen molar-refractivity contribution in [3.05, 3.63) is 211 Å². The minimum Gasteiger partial charge on any atom is -0.0767 e. The molecule has 10 rings (SSSR count). The number of hydrogen-bond donors (Lipinski definition) is 0. The van der Waals surface area contributed by atoms with Gasteiger partial charge in [-0.25, -0.2) is 0 Å². The molecule has 0 fully saturated rings. The number of rotatable bonds is 4. The molecule has 50 heavy (non-hydrogen) atoms. The van der Waals surface area contributed by atoms with Crippen LogP contribution in [0.3, 0.4) is 0 Å². The van der Waals surface area contributed by atoms with Crippen LogP contribution in [0, 0.1) is 5.92 Å². The SMILES string of the molecule is C1=CC2C=C(c3cc(-c4ccccc4)c4cc(-c5cc6ccccc6c6ccccc56)cc(-c5ccccc5)c4c3)c3ccccc3C2C=C1. The van der Waals surface area contributed by atoms with Gasteiger partial charge in [0.25, 0.3) is 0 Å². The van der Waals surface area contributed by atoms with E-state index in [1.165, 1.54) is 88.0 Å². The highest BCUT2D eigenvalue weighted by molar-refractivity contribution is 6.16. The van der Waals surface area contributed by atoms with Crippen molar-refractivity contribution in [2.45, 2.75) is 5.92 Å². The van der Waals surface area contributed by atoms with Gasteiger partial charge < -0.3 is 0 Å². The van der Waals surface area contributed by atoms with E-state index in [9.17, 15) is 0 Å². The first-order valence-corrected chi connectivity index (χ1v) is 17.6. The topological polar surface area (TPSA) is 0 Å². The third kappa shape index (κ3) is 4.68. The van der Waals surface area contributed by atoms with Crippen LogP contribution >= 0.6 is 0 Å². The first-order chi connectivity index (χ1) is 24.8. The molecule has 2 aliphatic rings. The molecule has 0 amide bonds. The van der Waals surface area contributed by atoms with Gasteiger partial charge in [-0.1, -0.05) is 164 Å². The Labute approximate surface area is 293 Å². The number of benzene rings is 8. The van der Waals surface area contributed by atoms with Gasteiger partial charge in [-0.3, -0.25) is 0 Å². The lowest BCUT2D eigenvalue weighted by atomic mass is 9.72. The van der Waals surface area contributed by atoms with Crippen LogP contribution in [-0.2, 0) is 0 Å². The van der Waals surface area contributed by atoms with E-state index in [1.54, 1.807) is 0 Å². The second kappa shape index (κ2) is 11.7. The second-order valence-corrected chi connectivity index (χ2v) is 13.6. The predicted molar refractivity (Wildman–Crippen MR) is 213 cm³/mol. The van der Waals surface area contributed by atoms with E-state index in [1.807, 2.05) is 0 Å². The summed E-state index contributed by atoms with van der Waals surface area (Å²) in [4.78, 5) is 0. The van der Waals surface area contributed by atoms with Crippen molar-refractivity contribution in [1.82, 2.24) is 0 Å². The van der Waals surface area contributed by atoms with Crippen LogP contribution in [0.1, 0.15) is 22.6 Å². The summed E-state index contributed by atoms with van der Waals surface area (Å²) in [6.07, 6.45) is 11.6. The molecule has 0 heterocycles. The molecule has 0 radical (unpaired) electrons. The molecule has 2 aliphatic carbocycles. The van der Waals surface area contributed by atoms with E-state index in [0.717, 1.165) is 0 Å². The Hall–Kier alpha value is -6.24. The predicted octanol–water partition coefficient (Wildman–Crippen LogP) is 13.4. The quantitative estimate of drug-likeness (QED) is 0.169. The van der Waals surface area contributed by atoms with Crippen molar-refractivity contribution in [3.8, 4) is 33.4 Å². The second-order valence-electron chi connectivity index (χ2n) is 13.6. The molecule has 0 N–H and O–H groups in total. The van der Waals surface area contributed by atoms with E-state index < -0.39 is 0 Å². The summed E-state index contributed by atoms with van der Waals surface area (Å²) in [6, 6.07) is 60.7. The standard InChI is InChI=1S/C50H34/c1-3-15-33(16-4-1)45-29-37(47-27-35-19-7-9-21-39(35)41-23-11-13-25-43(41)47)32-50-46(34-17-5-2-6-18-34)30-38(31-49(45)50)48-28-36-20-8-10-22-40(36)42-24-12-14-26-44(42)48/h1-32,35,39H. The van der Waals surface area contributed by atoms with Crippen LogP contribution < -0.4 is 0 Å². The van der Waals surface area contributed by atoms with E-state index in [4.69, 9.17) is 0 Å². The lowest BCUT2D eigenvalue weighted by Gasteiger charge is -2.31. The largest absolute Gasteiger partial charge is 0.0767 e. The van der Waals surface area contributed by atoms with Crippen LogP contribution in [0.4, 0.5) is 0 Å². The van der Waals surface area contributed by atoms with Crippen LogP contribution in [-0.4, -0.2) is 0 Å². The summed E-state index contributed by atoms with van der Waals surface area (Å²) >= 11 is 0. The molecule has 0 aromatic heterocycles. The van der Waals surface area contributed by atoms with E-state index in [2.05, 4.69) is 194 Å². The number of hydrogen-bond acceptors (Lipinski definition) is 0. The number of fused-ring (bicyclic) bond motifs is 7. The molecule has 234 valence electrons. The minimum absolute atomic E-state index is 0.331. The maximum Gasteiger partial charge on any atom is 0.0125 e. The van der Waals surface area contributed by atoms with E-state index >= 15 is 0 Å². The Morgan fingerprint density at radius 3 is 1.66 bits per heavy atom. The Balaban J connectivity index is 1.30. The summed E-state index contributed by atoms with van der Waals surface area (Å²) in [5.41, 5.74) is 12.7. The van der Waals surface area contributed by atoms with Crippen molar-refractivity contribution in [1.29, 1.82) is 0 Å². The zero-order valence-electron chi connectivity index (χ0n) is 27.6. The van der Waals surface area contributed by atoms with Crippen molar-refractivity contribution < 1.29 is 0 Å². The van der Waals surface area contributed by atoms with Gasteiger partial charge in [-0.15, -0.1) is 0 Å². The molecule has 0 spiro atoms. The molecular weight excluding hydrogens is 601 g/mol. The van der Waals surface area contributed by atoms with Crippen molar-refractivity contribution in [2.75, 3.05) is 0 Å². The zero-order chi connectivity index (χ0) is 33.0. The van der Waals surface area contributed by atoms with Crippen molar-refractivity contribution in [3.63, 3.8) is 0 Å². The highest BCUT2D eigenvalue weighted by atomic mass is 14.3. The summed E-state index contributed by atoms with van der Waals surface area (Å²) in [5.74, 6) is 0.700. The van der Waals surface area contributed by atoms with Crippen molar-refractivity contribution in [2.24, 2.45) is 5.92 Å². The highest BCUT2D eigenvalue weighted by Crippen LogP contribution is 2.47. The molecule has 2 atom stereocenters. The van der Waals surface area contributed by atoms with Gasteiger partial charge in [-0.05, 0) is 118 Å². The molecule has 0 heteroatoms. The van der Waals surface area contributed by atoms with Crippen LogP contribution in [0.5, 0.6) is 0 Å². The summed E-state index contributed by atoms with van der Waals surface area (Å²) in [5, 5.41) is 7.63. The number of allylic oxidation sites excluding steroid dienone is 5. The summed E-state index contributed by atoms with van der Waals surface area (Å²) in [7, 11) is 0. The van der Waals surface area contributed by atoms with E-state index in [-0.39, 0.29) is 0 Å². The molecule has 8 aromatic carbocycles. The van der Waals surface area contributed by atoms with Gasteiger partial charge in [0.2, 0.25) is 0 Å². The first kappa shape index (κ1) is 28.7. The molecule has 8 aromatic rings. The molecular formula is C50H34. The monoisotopic (exact) mass is 634 g/mol. The Bertz CT molecular complexity index is 2690. The lowest BCUT2D eigenvalue weighted by molar-refractivity contribution is 0.689. The summed E-state index contributed by atoms with van der Waals surface area (Å²) < 4.78 is 0. The maximum atomic E-state index is 2.50. The Morgan fingerprint density at radius 2 is 0.900 bits per heavy atom. The third-order valence-electron chi connectivity index (χ3n) is 10.8. The minimum atomic E-state index is 0.331. The van der Waals surface area contributed by atoms with Gasteiger partial charge in [0.15, 0.2) is 0 Å². The van der Waals surface area contributed by atoms with Gasteiger partial charge >= 0.3 is 0 Å².